The Labute approximate surface area is 127 Å². The minimum absolute atomic E-state index is 0.139. The summed E-state index contributed by atoms with van der Waals surface area (Å²) in [5.41, 5.74) is 9.38. The number of aromatic nitrogens is 2. The lowest BCUT2D eigenvalue weighted by atomic mass is 10.0. The summed E-state index contributed by atoms with van der Waals surface area (Å²) >= 11 is 3.20. The Morgan fingerprint density at radius 1 is 1.35 bits per heavy atom. The number of aryl methyl sites for hydroxylation is 2. The van der Waals surface area contributed by atoms with Gasteiger partial charge in [-0.25, -0.2) is 4.39 Å². The van der Waals surface area contributed by atoms with Gasteiger partial charge in [0.25, 0.3) is 0 Å². The van der Waals surface area contributed by atoms with Crippen LogP contribution in [0.1, 0.15) is 36.8 Å². The standard InChI is InChI=1S/C15H19BrFN3/c1-3-11-9-15(20(4-2)19-11)14(18)8-10-5-6-13(17)12(16)7-10/h5-7,9,14H,3-4,8,18H2,1-2H3. The molecule has 0 bridgehead atoms. The van der Waals surface area contributed by atoms with Crippen LogP contribution in [0.2, 0.25) is 0 Å². The second-order valence-corrected chi connectivity index (χ2v) is 5.64. The third-order valence-corrected chi connectivity index (χ3v) is 3.95. The Balaban J connectivity index is 2.20. The van der Waals surface area contributed by atoms with Crippen LogP contribution in [0.15, 0.2) is 28.7 Å². The minimum Gasteiger partial charge on any atom is -0.322 e. The van der Waals surface area contributed by atoms with Gasteiger partial charge >= 0.3 is 0 Å². The zero-order valence-corrected chi connectivity index (χ0v) is 13.3. The summed E-state index contributed by atoms with van der Waals surface area (Å²) in [6.07, 6.45) is 1.56. The van der Waals surface area contributed by atoms with Crippen LogP contribution in [-0.4, -0.2) is 9.78 Å². The van der Waals surface area contributed by atoms with Gasteiger partial charge < -0.3 is 5.73 Å². The maximum Gasteiger partial charge on any atom is 0.137 e. The number of benzene rings is 1. The van der Waals surface area contributed by atoms with Crippen molar-refractivity contribution in [3.8, 4) is 0 Å². The minimum atomic E-state index is -0.255. The second kappa shape index (κ2) is 6.50. The van der Waals surface area contributed by atoms with Crippen molar-refractivity contribution in [2.75, 3.05) is 0 Å². The van der Waals surface area contributed by atoms with E-state index in [9.17, 15) is 4.39 Å². The summed E-state index contributed by atoms with van der Waals surface area (Å²) in [6, 6.07) is 6.93. The molecule has 0 aliphatic rings. The molecule has 2 aromatic rings. The van der Waals surface area contributed by atoms with Gasteiger partial charge in [-0.15, -0.1) is 0 Å². The average Bonchev–Trinajstić information content (AvgIpc) is 2.86. The van der Waals surface area contributed by atoms with E-state index in [1.54, 1.807) is 12.1 Å². The maximum absolute atomic E-state index is 13.2. The summed E-state index contributed by atoms with van der Waals surface area (Å²) < 4.78 is 15.7. The summed E-state index contributed by atoms with van der Waals surface area (Å²) in [7, 11) is 0. The second-order valence-electron chi connectivity index (χ2n) is 4.79. The van der Waals surface area contributed by atoms with E-state index in [2.05, 4.69) is 40.9 Å². The summed E-state index contributed by atoms with van der Waals surface area (Å²) in [4.78, 5) is 0. The highest BCUT2D eigenvalue weighted by Crippen LogP contribution is 2.22. The van der Waals surface area contributed by atoms with Gasteiger partial charge in [0.05, 0.1) is 21.9 Å². The van der Waals surface area contributed by atoms with E-state index in [4.69, 9.17) is 5.73 Å². The van der Waals surface area contributed by atoms with Crippen LogP contribution < -0.4 is 5.73 Å². The Kier molecular flexibility index (Phi) is 4.94. The van der Waals surface area contributed by atoms with Crippen LogP contribution in [-0.2, 0) is 19.4 Å². The first kappa shape index (κ1) is 15.2. The smallest absolute Gasteiger partial charge is 0.137 e. The van der Waals surface area contributed by atoms with E-state index in [0.29, 0.717) is 10.9 Å². The van der Waals surface area contributed by atoms with Gasteiger partial charge in [0.2, 0.25) is 0 Å². The van der Waals surface area contributed by atoms with Crippen molar-refractivity contribution in [3.63, 3.8) is 0 Å². The first-order valence-electron chi connectivity index (χ1n) is 6.81. The van der Waals surface area contributed by atoms with Crippen LogP contribution in [0.3, 0.4) is 0 Å². The molecule has 0 aliphatic heterocycles. The summed E-state index contributed by atoms with van der Waals surface area (Å²) in [5.74, 6) is -0.255. The fraction of sp³-hybridized carbons (Fsp3) is 0.400. The molecule has 20 heavy (non-hydrogen) atoms. The summed E-state index contributed by atoms with van der Waals surface area (Å²) in [5, 5.41) is 4.51. The highest BCUT2D eigenvalue weighted by Gasteiger charge is 2.14. The van der Waals surface area contributed by atoms with E-state index in [1.165, 1.54) is 6.07 Å². The lowest BCUT2D eigenvalue weighted by molar-refractivity contribution is 0.564. The van der Waals surface area contributed by atoms with Gasteiger partial charge in [-0.2, -0.15) is 5.10 Å². The molecule has 1 aromatic heterocycles. The molecule has 0 fully saturated rings. The van der Waals surface area contributed by atoms with Crippen LogP contribution in [0.4, 0.5) is 4.39 Å². The third-order valence-electron chi connectivity index (χ3n) is 3.34. The predicted molar refractivity (Wildman–Crippen MR) is 82.0 cm³/mol. The van der Waals surface area contributed by atoms with Crippen molar-refractivity contribution < 1.29 is 4.39 Å². The molecule has 0 aliphatic carbocycles. The molecule has 1 atom stereocenters. The van der Waals surface area contributed by atoms with Gasteiger partial charge in [0.15, 0.2) is 0 Å². The van der Waals surface area contributed by atoms with Crippen LogP contribution in [0, 0.1) is 5.82 Å². The van der Waals surface area contributed by atoms with Crippen LogP contribution in [0.5, 0.6) is 0 Å². The number of nitrogens with zero attached hydrogens (tertiary/aromatic N) is 2. The zero-order valence-electron chi connectivity index (χ0n) is 11.7. The highest BCUT2D eigenvalue weighted by atomic mass is 79.9. The molecule has 108 valence electrons. The first-order valence-corrected chi connectivity index (χ1v) is 7.60. The fourth-order valence-corrected chi connectivity index (χ4v) is 2.66. The average molecular weight is 340 g/mol. The number of hydrogen-bond acceptors (Lipinski definition) is 2. The molecule has 1 unspecified atom stereocenters. The molecular weight excluding hydrogens is 321 g/mol. The van der Waals surface area contributed by atoms with E-state index < -0.39 is 0 Å². The van der Waals surface area contributed by atoms with Crippen molar-refractivity contribution in [1.29, 1.82) is 0 Å². The maximum atomic E-state index is 13.2. The van der Waals surface area contributed by atoms with Gasteiger partial charge in [-0.1, -0.05) is 13.0 Å². The Morgan fingerprint density at radius 2 is 2.10 bits per heavy atom. The van der Waals surface area contributed by atoms with Gasteiger partial charge in [-0.3, -0.25) is 4.68 Å². The number of hydrogen-bond donors (Lipinski definition) is 1. The van der Waals surface area contributed by atoms with Crippen LogP contribution >= 0.6 is 15.9 Å². The number of halogens is 2. The number of rotatable bonds is 5. The number of nitrogens with two attached hydrogens (primary N) is 1. The van der Waals surface area contributed by atoms with Gasteiger partial charge in [0.1, 0.15) is 5.82 Å². The first-order chi connectivity index (χ1) is 9.55. The van der Waals surface area contributed by atoms with Crippen molar-refractivity contribution in [3.05, 3.63) is 51.5 Å². The quantitative estimate of drug-likeness (QED) is 0.904. The molecular formula is C15H19BrFN3. The van der Waals surface area contributed by atoms with Crippen molar-refractivity contribution in [2.24, 2.45) is 5.73 Å². The molecule has 1 aromatic carbocycles. The molecule has 0 spiro atoms. The van der Waals surface area contributed by atoms with E-state index >= 15 is 0 Å². The SMILES string of the molecule is CCc1cc(C(N)Cc2ccc(F)c(Br)c2)n(CC)n1. The Hall–Kier alpha value is -1.20. The van der Waals surface area contributed by atoms with E-state index in [1.807, 2.05) is 4.68 Å². The molecule has 3 nitrogen and oxygen atoms in total. The Morgan fingerprint density at radius 3 is 2.70 bits per heavy atom. The molecule has 2 rings (SSSR count). The monoisotopic (exact) mass is 339 g/mol. The molecule has 5 heteroatoms. The molecule has 1 heterocycles. The van der Waals surface area contributed by atoms with Crippen molar-refractivity contribution in [1.82, 2.24) is 9.78 Å². The summed E-state index contributed by atoms with van der Waals surface area (Å²) in [6.45, 7) is 4.93. The molecule has 0 radical (unpaired) electrons. The Bertz CT molecular complexity index is 595. The van der Waals surface area contributed by atoms with E-state index in [0.717, 1.165) is 29.9 Å². The zero-order chi connectivity index (χ0) is 14.7. The molecule has 0 amide bonds. The van der Waals surface area contributed by atoms with Crippen molar-refractivity contribution in [2.45, 2.75) is 39.3 Å². The normalized spacial score (nSPS) is 12.7. The van der Waals surface area contributed by atoms with E-state index in [-0.39, 0.29) is 11.9 Å². The molecule has 0 saturated carbocycles. The topological polar surface area (TPSA) is 43.8 Å². The molecule has 0 saturated heterocycles. The third kappa shape index (κ3) is 3.27. The lowest BCUT2D eigenvalue weighted by Gasteiger charge is -2.13. The largest absolute Gasteiger partial charge is 0.322 e. The fourth-order valence-electron chi connectivity index (χ4n) is 2.24. The van der Waals surface area contributed by atoms with Crippen molar-refractivity contribution >= 4 is 15.9 Å². The van der Waals surface area contributed by atoms with Gasteiger partial charge in [0, 0.05) is 6.54 Å². The highest BCUT2D eigenvalue weighted by molar-refractivity contribution is 9.10. The predicted octanol–water partition coefficient (Wildman–Crippen LogP) is 3.61. The van der Waals surface area contributed by atoms with Crippen LogP contribution in [0.25, 0.3) is 0 Å². The molecule has 2 N–H and O–H groups in total. The van der Waals surface area contributed by atoms with Gasteiger partial charge in [-0.05, 0) is 59.5 Å². The lowest BCUT2D eigenvalue weighted by Crippen LogP contribution is -2.18.